The number of hydrogen-bond acceptors (Lipinski definition) is 6. The zero-order valence-electron chi connectivity index (χ0n) is 13.4. The number of nitrogens with zero attached hydrogens (tertiary/aromatic N) is 5. The van der Waals surface area contributed by atoms with Gasteiger partial charge in [-0.25, -0.2) is 18.9 Å². The molecule has 7 nitrogen and oxygen atoms in total. The summed E-state index contributed by atoms with van der Waals surface area (Å²) in [6.45, 7) is 0.502. The quantitative estimate of drug-likeness (QED) is 0.522. The van der Waals surface area contributed by atoms with E-state index in [2.05, 4.69) is 32.7 Å². The minimum Gasteiger partial charge on any atom is -0.442 e. The zero-order chi connectivity index (χ0) is 18.1. The van der Waals surface area contributed by atoms with E-state index in [1.54, 1.807) is 18.2 Å². The highest BCUT2D eigenvalue weighted by Crippen LogP contribution is 2.26. The molecule has 1 aromatic heterocycles. The van der Waals surface area contributed by atoms with Crippen molar-refractivity contribution in [3.8, 4) is 5.69 Å². The van der Waals surface area contributed by atoms with E-state index in [1.807, 2.05) is 18.2 Å². The SMILES string of the molecule is O=C1O[C@@H](CN=C=S)CN1c1ccc(-n2nnc3ccccc32)c(F)c1. The molecule has 1 saturated heterocycles. The van der Waals surface area contributed by atoms with E-state index in [4.69, 9.17) is 4.74 Å². The predicted molar refractivity (Wildman–Crippen MR) is 96.3 cm³/mol. The summed E-state index contributed by atoms with van der Waals surface area (Å²) in [5, 5.41) is 10.3. The van der Waals surface area contributed by atoms with Crippen LogP contribution >= 0.6 is 12.2 Å². The smallest absolute Gasteiger partial charge is 0.414 e. The first-order chi connectivity index (χ1) is 12.7. The number of halogens is 1. The molecule has 2 heterocycles. The maximum atomic E-state index is 14.7. The number of cyclic esters (lactones) is 1. The summed E-state index contributed by atoms with van der Waals surface area (Å²) in [6, 6.07) is 11.7. The van der Waals surface area contributed by atoms with E-state index in [0.29, 0.717) is 16.7 Å². The Hall–Kier alpha value is -3.16. The molecule has 0 unspecified atom stereocenters. The number of amides is 1. The molecule has 26 heavy (non-hydrogen) atoms. The van der Waals surface area contributed by atoms with Gasteiger partial charge in [-0.3, -0.25) is 4.90 Å². The normalized spacial score (nSPS) is 16.6. The maximum absolute atomic E-state index is 14.7. The molecule has 1 aliphatic heterocycles. The van der Waals surface area contributed by atoms with Gasteiger partial charge in [0.15, 0.2) is 5.82 Å². The van der Waals surface area contributed by atoms with Crippen LogP contribution in [0.15, 0.2) is 47.5 Å². The van der Waals surface area contributed by atoms with Crippen LogP contribution in [0, 0.1) is 5.82 Å². The Bertz CT molecular complexity index is 1050. The van der Waals surface area contributed by atoms with Crippen molar-refractivity contribution in [3.05, 3.63) is 48.3 Å². The van der Waals surface area contributed by atoms with Crippen molar-refractivity contribution in [2.75, 3.05) is 18.0 Å². The first-order valence-corrected chi connectivity index (χ1v) is 8.20. The molecule has 3 aromatic rings. The summed E-state index contributed by atoms with van der Waals surface area (Å²) in [5.74, 6) is -0.522. The molecule has 1 fully saturated rings. The fourth-order valence-corrected chi connectivity index (χ4v) is 2.92. The number of carbonyl (C=O) groups excluding carboxylic acids is 1. The van der Waals surface area contributed by atoms with Crippen LogP contribution < -0.4 is 4.90 Å². The summed E-state index contributed by atoms with van der Waals surface area (Å²) < 4.78 is 21.3. The Morgan fingerprint density at radius 1 is 1.35 bits per heavy atom. The fraction of sp³-hybridized carbons (Fsp3) is 0.176. The Labute approximate surface area is 152 Å². The second kappa shape index (κ2) is 6.62. The highest BCUT2D eigenvalue weighted by molar-refractivity contribution is 7.78. The molecule has 1 amide bonds. The number of hydrogen-bond donors (Lipinski definition) is 0. The monoisotopic (exact) mass is 369 g/mol. The van der Waals surface area contributed by atoms with E-state index >= 15 is 0 Å². The molecule has 1 aliphatic rings. The number of anilines is 1. The largest absolute Gasteiger partial charge is 0.442 e. The van der Waals surface area contributed by atoms with Crippen molar-refractivity contribution in [3.63, 3.8) is 0 Å². The minimum absolute atomic E-state index is 0.233. The van der Waals surface area contributed by atoms with Gasteiger partial charge in [0.2, 0.25) is 0 Å². The second-order valence-electron chi connectivity index (χ2n) is 5.67. The third-order valence-corrected chi connectivity index (χ3v) is 4.19. The lowest BCUT2D eigenvalue weighted by Crippen LogP contribution is -2.25. The maximum Gasteiger partial charge on any atom is 0.414 e. The number of thiocarbonyl (C=S) groups is 1. The summed E-state index contributed by atoms with van der Waals surface area (Å²) in [5.41, 5.74) is 2.00. The van der Waals surface area contributed by atoms with E-state index in [0.717, 1.165) is 0 Å². The number of aliphatic imine (C=N–C) groups is 1. The summed E-state index contributed by atoms with van der Waals surface area (Å²) >= 11 is 4.51. The number of benzene rings is 2. The van der Waals surface area contributed by atoms with Crippen LogP contribution in [-0.2, 0) is 4.74 Å². The molecule has 0 spiro atoms. The third-order valence-electron chi connectivity index (χ3n) is 4.06. The van der Waals surface area contributed by atoms with Crippen molar-refractivity contribution >= 4 is 40.2 Å². The van der Waals surface area contributed by atoms with Gasteiger partial charge in [-0.1, -0.05) is 17.3 Å². The first-order valence-electron chi connectivity index (χ1n) is 7.79. The average molecular weight is 369 g/mol. The molecule has 0 radical (unpaired) electrons. The van der Waals surface area contributed by atoms with E-state index in [9.17, 15) is 9.18 Å². The number of ether oxygens (including phenoxy) is 1. The van der Waals surface area contributed by atoms with Crippen LogP contribution in [-0.4, -0.2) is 45.4 Å². The van der Waals surface area contributed by atoms with E-state index < -0.39 is 18.0 Å². The topological polar surface area (TPSA) is 72.6 Å². The molecule has 1 atom stereocenters. The Morgan fingerprint density at radius 2 is 2.19 bits per heavy atom. The van der Waals surface area contributed by atoms with Crippen molar-refractivity contribution in [1.82, 2.24) is 15.0 Å². The van der Waals surface area contributed by atoms with Gasteiger partial charge in [0.25, 0.3) is 0 Å². The highest BCUT2D eigenvalue weighted by atomic mass is 32.1. The van der Waals surface area contributed by atoms with Crippen LogP contribution in [0.3, 0.4) is 0 Å². The van der Waals surface area contributed by atoms with Crippen LogP contribution in [0.25, 0.3) is 16.7 Å². The van der Waals surface area contributed by atoms with E-state index in [-0.39, 0.29) is 18.8 Å². The van der Waals surface area contributed by atoms with Gasteiger partial charge in [-0.2, -0.15) is 0 Å². The molecule has 0 aliphatic carbocycles. The lowest BCUT2D eigenvalue weighted by molar-refractivity contribution is 0.145. The van der Waals surface area contributed by atoms with Crippen molar-refractivity contribution in [2.24, 2.45) is 4.99 Å². The number of rotatable bonds is 4. The van der Waals surface area contributed by atoms with Gasteiger partial charge in [0, 0.05) is 0 Å². The van der Waals surface area contributed by atoms with Crippen molar-refractivity contribution < 1.29 is 13.9 Å². The third kappa shape index (κ3) is 2.83. The average Bonchev–Trinajstić information content (AvgIpc) is 3.23. The lowest BCUT2D eigenvalue weighted by Gasteiger charge is -2.14. The van der Waals surface area contributed by atoms with Gasteiger partial charge < -0.3 is 4.74 Å². The summed E-state index contributed by atoms with van der Waals surface area (Å²) in [7, 11) is 0. The van der Waals surface area contributed by atoms with Crippen LogP contribution in [0.1, 0.15) is 0 Å². The molecular formula is C17H12FN5O2S. The van der Waals surface area contributed by atoms with Gasteiger partial charge in [-0.15, -0.1) is 5.10 Å². The second-order valence-corrected chi connectivity index (χ2v) is 5.86. The lowest BCUT2D eigenvalue weighted by atomic mass is 10.2. The predicted octanol–water partition coefficient (Wildman–Crippen LogP) is 2.99. The first kappa shape index (κ1) is 16.3. The van der Waals surface area contributed by atoms with Crippen LogP contribution in [0.4, 0.5) is 14.9 Å². The summed E-state index contributed by atoms with van der Waals surface area (Å²) in [6.07, 6.45) is -0.979. The van der Waals surface area contributed by atoms with Gasteiger partial charge in [0.05, 0.1) is 29.5 Å². The van der Waals surface area contributed by atoms with Crippen molar-refractivity contribution in [1.29, 1.82) is 0 Å². The zero-order valence-corrected chi connectivity index (χ0v) is 14.2. The molecular weight excluding hydrogens is 357 g/mol. The van der Waals surface area contributed by atoms with Gasteiger partial charge in [0.1, 0.15) is 17.3 Å². The standard InChI is InChI=1S/C17H12FN5O2S/c18-13-7-11(22-9-12(8-19-10-26)25-17(22)24)5-6-15(13)23-16-4-2-1-3-14(16)20-21-23/h1-7,12H,8-9H2/t12-/m0/s1. The van der Waals surface area contributed by atoms with Crippen molar-refractivity contribution in [2.45, 2.75) is 6.10 Å². The summed E-state index contributed by atoms with van der Waals surface area (Å²) in [4.78, 5) is 17.1. The number of isothiocyanates is 1. The number of para-hydroxylation sites is 1. The number of aromatic nitrogens is 3. The Kier molecular flexibility index (Phi) is 4.16. The molecule has 130 valence electrons. The van der Waals surface area contributed by atoms with Crippen LogP contribution in [0.2, 0.25) is 0 Å². The Balaban J connectivity index is 1.64. The van der Waals surface area contributed by atoms with Gasteiger partial charge in [-0.05, 0) is 42.5 Å². The number of carbonyl (C=O) groups is 1. The molecule has 2 aromatic carbocycles. The molecule has 9 heteroatoms. The molecule has 0 saturated carbocycles. The molecule has 0 N–H and O–H groups in total. The Morgan fingerprint density at radius 3 is 3.00 bits per heavy atom. The minimum atomic E-state index is -0.548. The molecule has 4 rings (SSSR count). The highest BCUT2D eigenvalue weighted by Gasteiger charge is 2.32. The fourth-order valence-electron chi connectivity index (χ4n) is 2.85. The van der Waals surface area contributed by atoms with Crippen LogP contribution in [0.5, 0.6) is 0 Å². The van der Waals surface area contributed by atoms with Gasteiger partial charge >= 0.3 is 6.09 Å². The molecule has 0 bridgehead atoms. The van der Waals surface area contributed by atoms with E-state index in [1.165, 1.54) is 15.6 Å². The number of fused-ring (bicyclic) bond motifs is 1.